The molecule has 4 aromatic rings. The molecule has 5 rings (SSSR count). The Morgan fingerprint density at radius 1 is 1.11 bits per heavy atom. The first-order valence-corrected chi connectivity index (χ1v) is 13.7. The van der Waals surface area contributed by atoms with Gasteiger partial charge in [-0.25, -0.2) is 18.4 Å². The second-order valence-corrected chi connectivity index (χ2v) is 11.1. The lowest BCUT2D eigenvalue weighted by Gasteiger charge is -2.40. The van der Waals surface area contributed by atoms with Crippen LogP contribution in [0.1, 0.15) is 11.1 Å². The molecule has 0 aliphatic carbocycles. The summed E-state index contributed by atoms with van der Waals surface area (Å²) in [6.45, 7) is 2.54. The molecule has 3 aromatic heterocycles. The fourth-order valence-corrected chi connectivity index (χ4v) is 5.92. The highest BCUT2D eigenvalue weighted by Gasteiger charge is 2.40. The summed E-state index contributed by atoms with van der Waals surface area (Å²) >= 11 is 6.29. The number of benzene rings is 1. The quantitative estimate of drug-likeness (QED) is 0.346. The first-order valence-electron chi connectivity index (χ1n) is 11.8. The maximum absolute atomic E-state index is 13.7. The van der Waals surface area contributed by atoms with Crippen molar-refractivity contribution in [2.75, 3.05) is 24.5 Å². The lowest BCUT2D eigenvalue weighted by molar-refractivity contribution is -0.125. The predicted octanol–water partition coefficient (Wildman–Crippen LogP) is 2.22. The van der Waals surface area contributed by atoms with E-state index in [1.54, 1.807) is 72.1 Å². The van der Waals surface area contributed by atoms with Crippen molar-refractivity contribution in [1.82, 2.24) is 34.1 Å². The van der Waals surface area contributed by atoms with Crippen LogP contribution in [-0.4, -0.2) is 68.8 Å². The van der Waals surface area contributed by atoms with Crippen LogP contribution in [0.15, 0.2) is 78.5 Å². The molecule has 38 heavy (non-hydrogen) atoms. The van der Waals surface area contributed by atoms with E-state index in [1.165, 1.54) is 4.31 Å². The molecule has 13 heteroatoms. The van der Waals surface area contributed by atoms with Crippen molar-refractivity contribution in [3.05, 3.63) is 89.9 Å². The van der Waals surface area contributed by atoms with Gasteiger partial charge in [0.25, 0.3) is 0 Å². The van der Waals surface area contributed by atoms with Gasteiger partial charge in [0.2, 0.25) is 21.9 Å². The monoisotopic (exact) mass is 552 g/mol. The van der Waals surface area contributed by atoms with Crippen LogP contribution >= 0.6 is 11.6 Å². The minimum Gasteiger partial charge on any atom is -0.353 e. The highest BCUT2D eigenvalue weighted by molar-refractivity contribution is 7.89. The molecular weight excluding hydrogens is 528 g/mol. The van der Waals surface area contributed by atoms with E-state index in [-0.39, 0.29) is 29.7 Å². The first-order chi connectivity index (χ1) is 18.3. The van der Waals surface area contributed by atoms with E-state index < -0.39 is 22.0 Å². The smallest absolute Gasteiger partial charge is 0.243 e. The third-order valence-electron chi connectivity index (χ3n) is 6.18. The van der Waals surface area contributed by atoms with E-state index in [0.717, 1.165) is 11.1 Å². The molecule has 0 spiro atoms. The average Bonchev–Trinajstić information content (AvgIpc) is 3.47. The van der Waals surface area contributed by atoms with E-state index in [2.05, 4.69) is 25.3 Å². The number of hydrogen-bond acceptors (Lipinski definition) is 8. The normalized spacial score (nSPS) is 16.4. The van der Waals surface area contributed by atoms with Gasteiger partial charge in [0.1, 0.15) is 23.3 Å². The van der Waals surface area contributed by atoms with Crippen molar-refractivity contribution < 1.29 is 13.2 Å². The molecule has 11 nitrogen and oxygen atoms in total. The molecule has 1 unspecified atom stereocenters. The number of imidazole rings is 1. The Kier molecular flexibility index (Phi) is 7.36. The largest absolute Gasteiger partial charge is 0.353 e. The molecule has 1 saturated heterocycles. The fraction of sp³-hybridized carbons (Fsp3) is 0.240. The summed E-state index contributed by atoms with van der Waals surface area (Å²) in [6, 6.07) is 10.8. The second-order valence-electron chi connectivity index (χ2n) is 8.79. The van der Waals surface area contributed by atoms with Gasteiger partial charge in [0.15, 0.2) is 0 Å². The van der Waals surface area contributed by atoms with Crippen LogP contribution in [0, 0.1) is 6.92 Å². The Morgan fingerprint density at radius 2 is 1.92 bits per heavy atom. The number of nitrogens with one attached hydrogen (secondary N) is 1. The number of anilines is 1. The topological polar surface area (TPSA) is 126 Å². The number of halogens is 1. The van der Waals surface area contributed by atoms with Crippen LogP contribution in [0.5, 0.6) is 0 Å². The molecule has 1 amide bonds. The van der Waals surface area contributed by atoms with Gasteiger partial charge < -0.3 is 10.2 Å². The maximum atomic E-state index is 13.7. The van der Waals surface area contributed by atoms with E-state index >= 15 is 0 Å². The van der Waals surface area contributed by atoms with Crippen LogP contribution in [0.4, 0.5) is 5.82 Å². The number of sulfonamides is 1. The number of amides is 1. The van der Waals surface area contributed by atoms with E-state index in [4.69, 9.17) is 11.6 Å². The number of carbonyl (C=O) groups is 1. The van der Waals surface area contributed by atoms with Crippen LogP contribution in [0.3, 0.4) is 0 Å². The zero-order valence-electron chi connectivity index (χ0n) is 20.5. The van der Waals surface area contributed by atoms with Gasteiger partial charge >= 0.3 is 0 Å². The molecule has 0 saturated carbocycles. The first kappa shape index (κ1) is 25.8. The number of rotatable bonds is 7. The SMILES string of the molecule is Cc1ccc(S(=O)(=O)N2CCN(c3cc(Cl)nc(-n4ccnc4)n3)CC2C(=O)NCc2cccnc2)cc1. The van der Waals surface area contributed by atoms with Crippen LogP contribution < -0.4 is 10.2 Å². The number of aromatic nitrogens is 5. The summed E-state index contributed by atoms with van der Waals surface area (Å²) in [7, 11) is -3.95. The van der Waals surface area contributed by atoms with Crippen LogP contribution in [0.2, 0.25) is 5.15 Å². The van der Waals surface area contributed by atoms with Gasteiger partial charge in [-0.1, -0.05) is 35.4 Å². The molecule has 1 aliphatic heterocycles. The van der Waals surface area contributed by atoms with Crippen LogP contribution in [0.25, 0.3) is 5.95 Å². The molecule has 1 fully saturated rings. The van der Waals surface area contributed by atoms with E-state index in [1.807, 2.05) is 17.9 Å². The van der Waals surface area contributed by atoms with Crippen molar-refractivity contribution in [2.45, 2.75) is 24.4 Å². The van der Waals surface area contributed by atoms with Crippen molar-refractivity contribution in [1.29, 1.82) is 0 Å². The lowest BCUT2D eigenvalue weighted by Crippen LogP contribution is -2.60. The summed E-state index contributed by atoms with van der Waals surface area (Å²) in [5.41, 5.74) is 1.74. The molecule has 196 valence electrons. The zero-order valence-corrected chi connectivity index (χ0v) is 22.0. The summed E-state index contributed by atoms with van der Waals surface area (Å²) in [5, 5.41) is 3.08. The zero-order chi connectivity index (χ0) is 26.7. The van der Waals surface area contributed by atoms with Gasteiger partial charge in [-0.15, -0.1) is 0 Å². The van der Waals surface area contributed by atoms with Crippen LogP contribution in [-0.2, 0) is 21.4 Å². The Bertz CT molecular complexity index is 1520. The van der Waals surface area contributed by atoms with Crippen molar-refractivity contribution >= 4 is 33.3 Å². The van der Waals surface area contributed by atoms with Gasteiger partial charge in [-0.3, -0.25) is 14.3 Å². The summed E-state index contributed by atoms with van der Waals surface area (Å²) in [6.07, 6.45) is 8.13. The number of hydrogen-bond donors (Lipinski definition) is 1. The second kappa shape index (κ2) is 10.9. The van der Waals surface area contributed by atoms with Gasteiger partial charge in [0, 0.05) is 57.0 Å². The number of carbonyl (C=O) groups excluding carboxylic acids is 1. The maximum Gasteiger partial charge on any atom is 0.243 e. The Balaban J connectivity index is 1.45. The summed E-state index contributed by atoms with van der Waals surface area (Å²) in [5.74, 6) is 0.368. The Morgan fingerprint density at radius 3 is 2.63 bits per heavy atom. The standard InChI is InChI=1S/C25H25ClN8O3S/c1-18-4-6-20(7-5-18)38(36,37)34-12-11-32(16-21(34)24(35)29-15-19-3-2-8-27-14-19)23-13-22(26)30-25(31-23)33-10-9-28-17-33/h2-10,13-14,17,21H,11-12,15-16H2,1H3,(H,29,35). The lowest BCUT2D eigenvalue weighted by atomic mass is 10.2. The van der Waals surface area contributed by atoms with Crippen molar-refractivity contribution in [2.24, 2.45) is 0 Å². The molecular formula is C25H25ClN8O3S. The van der Waals surface area contributed by atoms with E-state index in [9.17, 15) is 13.2 Å². The summed E-state index contributed by atoms with van der Waals surface area (Å²) in [4.78, 5) is 32.4. The Labute approximate surface area is 225 Å². The van der Waals surface area contributed by atoms with E-state index in [0.29, 0.717) is 18.3 Å². The van der Waals surface area contributed by atoms with Crippen molar-refractivity contribution in [3.8, 4) is 5.95 Å². The predicted molar refractivity (Wildman–Crippen MR) is 141 cm³/mol. The molecule has 1 N–H and O–H groups in total. The third-order valence-corrected chi connectivity index (χ3v) is 8.30. The highest BCUT2D eigenvalue weighted by atomic mass is 35.5. The van der Waals surface area contributed by atoms with Crippen molar-refractivity contribution in [3.63, 3.8) is 0 Å². The number of piperazine rings is 1. The summed E-state index contributed by atoms with van der Waals surface area (Å²) < 4.78 is 30.2. The molecule has 0 bridgehead atoms. The minimum absolute atomic E-state index is 0.0701. The van der Waals surface area contributed by atoms with Gasteiger partial charge in [0.05, 0.1) is 4.90 Å². The minimum atomic E-state index is -3.95. The van der Waals surface area contributed by atoms with Gasteiger partial charge in [-0.05, 0) is 30.7 Å². The molecule has 0 radical (unpaired) electrons. The number of pyridine rings is 1. The van der Waals surface area contributed by atoms with Gasteiger partial charge in [-0.2, -0.15) is 9.29 Å². The molecule has 1 atom stereocenters. The molecule has 4 heterocycles. The number of nitrogens with zero attached hydrogens (tertiary/aromatic N) is 7. The fourth-order valence-electron chi connectivity index (χ4n) is 4.18. The third kappa shape index (κ3) is 5.52. The average molecular weight is 553 g/mol. The number of aryl methyl sites for hydroxylation is 1. The highest BCUT2D eigenvalue weighted by Crippen LogP contribution is 2.26. The molecule has 1 aliphatic rings. The Hall–Kier alpha value is -3.87. The molecule has 1 aromatic carbocycles.